The van der Waals surface area contributed by atoms with Crippen molar-refractivity contribution in [3.8, 4) is 5.75 Å². The number of aromatic hydroxyl groups is 1. The predicted molar refractivity (Wildman–Crippen MR) is 113 cm³/mol. The third-order valence-electron chi connectivity index (χ3n) is 8.51. The van der Waals surface area contributed by atoms with E-state index in [1.54, 1.807) is 0 Å². The lowest BCUT2D eigenvalue weighted by Crippen LogP contribution is -2.53. The molecule has 5 atom stereocenters. The molecule has 2 fully saturated rings. The van der Waals surface area contributed by atoms with Crippen LogP contribution in [-0.2, 0) is 11.2 Å². The summed E-state index contributed by atoms with van der Waals surface area (Å²) < 4.78 is 6.01. The van der Waals surface area contributed by atoms with Gasteiger partial charge in [0.2, 0.25) is 0 Å². The van der Waals surface area contributed by atoms with E-state index in [4.69, 9.17) is 4.74 Å². The van der Waals surface area contributed by atoms with Crippen molar-refractivity contribution in [2.24, 2.45) is 17.3 Å². The van der Waals surface area contributed by atoms with Crippen LogP contribution in [0.25, 0.3) is 0 Å². The van der Waals surface area contributed by atoms with Gasteiger partial charge in [0.15, 0.2) is 0 Å². The number of aliphatic hydroxyl groups is 1. The maximum absolute atomic E-state index is 11.6. The fraction of sp³-hybridized carbons (Fsp3) is 0.760. The zero-order valence-corrected chi connectivity index (χ0v) is 17.8. The molecule has 0 spiro atoms. The number of phenolic OH excluding ortho intramolecular Hbond substituents is 1. The number of fused-ring (bicyclic) bond motifs is 5. The summed E-state index contributed by atoms with van der Waals surface area (Å²) >= 11 is 0. The van der Waals surface area contributed by atoms with E-state index < -0.39 is 5.60 Å². The van der Waals surface area contributed by atoms with Crippen molar-refractivity contribution in [1.29, 1.82) is 0 Å². The molecule has 0 bridgehead atoms. The van der Waals surface area contributed by atoms with Crippen molar-refractivity contribution in [2.45, 2.75) is 89.6 Å². The molecule has 156 valence electrons. The molecular formula is C25H38O3. The van der Waals surface area contributed by atoms with Crippen LogP contribution < -0.4 is 0 Å². The summed E-state index contributed by atoms with van der Waals surface area (Å²) in [7, 11) is 0. The van der Waals surface area contributed by atoms with Crippen molar-refractivity contribution in [2.75, 3.05) is 13.2 Å². The van der Waals surface area contributed by atoms with E-state index in [0.717, 1.165) is 45.1 Å². The van der Waals surface area contributed by atoms with Gasteiger partial charge in [0.05, 0.1) is 12.2 Å². The summed E-state index contributed by atoms with van der Waals surface area (Å²) in [5.41, 5.74) is 2.11. The molecule has 0 saturated heterocycles. The van der Waals surface area contributed by atoms with Crippen LogP contribution in [0.15, 0.2) is 18.2 Å². The van der Waals surface area contributed by atoms with Gasteiger partial charge in [-0.2, -0.15) is 0 Å². The second-order valence-corrected chi connectivity index (χ2v) is 9.94. The number of phenols is 1. The van der Waals surface area contributed by atoms with E-state index in [0.29, 0.717) is 30.1 Å². The number of unbranched alkanes of at least 4 members (excludes halogenated alkanes) is 3. The standard InChI is InChI=1S/C25H38O3/c1-3-4-5-6-15-28-17-25(27)14-12-23-22-9-7-18-16-19(26)8-10-20(18)21(22)11-13-24(23,25)2/h8,10,16,21-23,26-27H,3-7,9,11-15,17H2,1-2H3/t21-,22-,23+,24+,25-/m1/s1. The highest BCUT2D eigenvalue weighted by Crippen LogP contribution is 2.64. The lowest BCUT2D eigenvalue weighted by atomic mass is 9.53. The SMILES string of the molecule is CCCCCCOC[C@]1(O)CC[C@H]2[C@@H]3CCc4cc(O)ccc4[C@H]3CC[C@@]21C. The maximum atomic E-state index is 11.6. The predicted octanol–water partition coefficient (Wildman–Crippen LogP) is 5.58. The summed E-state index contributed by atoms with van der Waals surface area (Å²) in [6.45, 7) is 5.86. The Bertz CT molecular complexity index is 686. The molecule has 1 aromatic rings. The molecule has 0 amide bonds. The van der Waals surface area contributed by atoms with Gasteiger partial charge in [-0.3, -0.25) is 0 Å². The molecule has 3 aliphatic rings. The van der Waals surface area contributed by atoms with Crippen LogP contribution in [-0.4, -0.2) is 29.0 Å². The largest absolute Gasteiger partial charge is 0.508 e. The van der Waals surface area contributed by atoms with Gasteiger partial charge in [-0.25, -0.2) is 0 Å². The Labute approximate surface area is 170 Å². The van der Waals surface area contributed by atoms with Gasteiger partial charge in [-0.1, -0.05) is 39.2 Å². The van der Waals surface area contributed by atoms with E-state index in [1.807, 2.05) is 12.1 Å². The van der Waals surface area contributed by atoms with E-state index in [1.165, 1.54) is 36.8 Å². The van der Waals surface area contributed by atoms with Gasteiger partial charge in [0, 0.05) is 12.0 Å². The molecule has 0 aromatic heterocycles. The molecular weight excluding hydrogens is 348 g/mol. The van der Waals surface area contributed by atoms with Crippen LogP contribution in [0, 0.1) is 17.3 Å². The van der Waals surface area contributed by atoms with Crippen LogP contribution in [0.4, 0.5) is 0 Å². The molecule has 3 heteroatoms. The van der Waals surface area contributed by atoms with Crippen LogP contribution in [0.2, 0.25) is 0 Å². The van der Waals surface area contributed by atoms with Gasteiger partial charge in [-0.15, -0.1) is 0 Å². The molecule has 2 N–H and O–H groups in total. The molecule has 4 rings (SSSR count). The number of benzene rings is 1. The minimum atomic E-state index is -0.664. The Morgan fingerprint density at radius 1 is 1.11 bits per heavy atom. The van der Waals surface area contributed by atoms with Crippen molar-refractivity contribution in [3.63, 3.8) is 0 Å². The Balaban J connectivity index is 1.44. The lowest BCUT2D eigenvalue weighted by Gasteiger charge is -2.53. The highest BCUT2D eigenvalue weighted by atomic mass is 16.5. The average Bonchev–Trinajstić information content (AvgIpc) is 2.95. The van der Waals surface area contributed by atoms with Gasteiger partial charge in [0.1, 0.15) is 5.75 Å². The second-order valence-electron chi connectivity index (χ2n) is 9.94. The van der Waals surface area contributed by atoms with E-state index in [2.05, 4.69) is 19.9 Å². The number of rotatable bonds is 7. The second kappa shape index (κ2) is 7.99. The Hall–Kier alpha value is -1.06. The minimum Gasteiger partial charge on any atom is -0.508 e. The fourth-order valence-corrected chi connectivity index (χ4v) is 6.79. The number of aryl methyl sites for hydroxylation is 1. The van der Waals surface area contributed by atoms with Gasteiger partial charge in [0.25, 0.3) is 0 Å². The van der Waals surface area contributed by atoms with Crippen molar-refractivity contribution < 1.29 is 14.9 Å². The zero-order chi connectivity index (χ0) is 19.8. The third-order valence-corrected chi connectivity index (χ3v) is 8.51. The third kappa shape index (κ3) is 3.39. The first-order chi connectivity index (χ1) is 13.5. The normalized spacial score (nSPS) is 36.6. The molecule has 2 saturated carbocycles. The summed E-state index contributed by atoms with van der Waals surface area (Å²) in [4.78, 5) is 0. The summed E-state index contributed by atoms with van der Waals surface area (Å²) in [6.07, 6.45) is 11.3. The molecule has 0 unspecified atom stereocenters. The van der Waals surface area contributed by atoms with E-state index >= 15 is 0 Å². The average molecular weight is 387 g/mol. The first kappa shape index (κ1) is 20.2. The zero-order valence-electron chi connectivity index (χ0n) is 17.8. The fourth-order valence-electron chi connectivity index (χ4n) is 6.79. The van der Waals surface area contributed by atoms with Crippen LogP contribution in [0.3, 0.4) is 0 Å². The van der Waals surface area contributed by atoms with Crippen molar-refractivity contribution >= 4 is 0 Å². The smallest absolute Gasteiger partial charge is 0.115 e. The molecule has 3 nitrogen and oxygen atoms in total. The van der Waals surface area contributed by atoms with Crippen LogP contribution in [0.1, 0.15) is 88.7 Å². The Morgan fingerprint density at radius 2 is 1.96 bits per heavy atom. The van der Waals surface area contributed by atoms with Gasteiger partial charge < -0.3 is 14.9 Å². The summed E-state index contributed by atoms with van der Waals surface area (Å²) in [5, 5.41) is 21.5. The Kier molecular flexibility index (Phi) is 5.77. The monoisotopic (exact) mass is 386 g/mol. The van der Waals surface area contributed by atoms with Crippen LogP contribution in [0.5, 0.6) is 5.75 Å². The van der Waals surface area contributed by atoms with Gasteiger partial charge in [-0.05, 0) is 86.0 Å². The molecule has 0 aliphatic heterocycles. The lowest BCUT2D eigenvalue weighted by molar-refractivity contribution is -0.141. The first-order valence-corrected chi connectivity index (χ1v) is 11.6. The van der Waals surface area contributed by atoms with E-state index in [9.17, 15) is 10.2 Å². The van der Waals surface area contributed by atoms with Crippen molar-refractivity contribution in [1.82, 2.24) is 0 Å². The summed E-state index contributed by atoms with van der Waals surface area (Å²) in [5.74, 6) is 2.24. The molecule has 0 radical (unpaired) electrons. The van der Waals surface area contributed by atoms with E-state index in [-0.39, 0.29) is 5.41 Å². The quantitative estimate of drug-likeness (QED) is 0.602. The van der Waals surface area contributed by atoms with Gasteiger partial charge >= 0.3 is 0 Å². The topological polar surface area (TPSA) is 49.7 Å². The molecule has 1 aromatic carbocycles. The highest BCUT2D eigenvalue weighted by molar-refractivity contribution is 5.40. The number of hydrogen-bond donors (Lipinski definition) is 2. The van der Waals surface area contributed by atoms with Crippen LogP contribution >= 0.6 is 0 Å². The number of hydrogen-bond acceptors (Lipinski definition) is 3. The minimum absolute atomic E-state index is 0.0218. The molecule has 28 heavy (non-hydrogen) atoms. The summed E-state index contributed by atoms with van der Waals surface area (Å²) in [6, 6.07) is 5.98. The Morgan fingerprint density at radius 3 is 2.79 bits per heavy atom. The maximum Gasteiger partial charge on any atom is 0.115 e. The van der Waals surface area contributed by atoms with Crippen molar-refractivity contribution in [3.05, 3.63) is 29.3 Å². The molecule has 0 heterocycles. The first-order valence-electron chi connectivity index (χ1n) is 11.6. The molecule has 3 aliphatic carbocycles. The highest BCUT2D eigenvalue weighted by Gasteiger charge is 2.61. The number of ether oxygens (including phenoxy) is 1.